The predicted octanol–water partition coefficient (Wildman–Crippen LogP) is 5.10. The van der Waals surface area contributed by atoms with Crippen LogP contribution in [0.1, 0.15) is 24.2 Å². The predicted molar refractivity (Wildman–Crippen MR) is 104 cm³/mol. The van der Waals surface area contributed by atoms with Gasteiger partial charge in [-0.15, -0.1) is 0 Å². The molecule has 1 atom stereocenters. The molecule has 2 aliphatic rings. The number of rotatable bonds is 7. The van der Waals surface area contributed by atoms with Crippen molar-refractivity contribution >= 4 is 13.4 Å². The maximum Gasteiger partial charge on any atom is 0.416 e. The van der Waals surface area contributed by atoms with Crippen molar-refractivity contribution in [2.24, 2.45) is 0 Å². The van der Waals surface area contributed by atoms with Gasteiger partial charge in [0.25, 0.3) is 5.69 Å². The zero-order valence-electron chi connectivity index (χ0n) is 16.0. The van der Waals surface area contributed by atoms with Crippen LogP contribution in [-0.4, -0.2) is 40.4 Å². The highest BCUT2D eigenvalue weighted by Gasteiger charge is 2.50. The molecule has 2 aromatic carbocycles. The Morgan fingerprint density at radius 3 is 2.10 bits per heavy atom. The van der Waals surface area contributed by atoms with Crippen LogP contribution in [0.3, 0.4) is 0 Å². The molecule has 0 spiro atoms. The second kappa shape index (κ2) is 7.46. The third-order valence-corrected chi connectivity index (χ3v) is 7.89. The molecule has 11 heteroatoms. The Kier molecular flexibility index (Phi) is 5.22. The highest BCUT2D eigenvalue weighted by molar-refractivity contribution is 7.54. The zero-order chi connectivity index (χ0) is 21.7. The van der Waals surface area contributed by atoms with E-state index in [9.17, 15) is 27.9 Å². The molecule has 0 bridgehead atoms. The van der Waals surface area contributed by atoms with Gasteiger partial charge in [0.1, 0.15) is 0 Å². The Morgan fingerprint density at radius 1 is 1.07 bits per heavy atom. The number of nitrogens with zero attached hydrogens (tertiary/aromatic N) is 3. The van der Waals surface area contributed by atoms with Crippen molar-refractivity contribution in [1.82, 2.24) is 9.34 Å². The lowest BCUT2D eigenvalue weighted by Crippen LogP contribution is -2.10. The van der Waals surface area contributed by atoms with Gasteiger partial charge in [-0.05, 0) is 42.3 Å². The number of nitro benzene ring substituents is 1. The highest BCUT2D eigenvalue weighted by Crippen LogP contribution is 2.63. The van der Waals surface area contributed by atoms with Gasteiger partial charge >= 0.3 is 13.8 Å². The van der Waals surface area contributed by atoms with Crippen molar-refractivity contribution in [2.75, 3.05) is 26.2 Å². The number of alkyl halides is 3. The lowest BCUT2D eigenvalue weighted by Gasteiger charge is -2.24. The van der Waals surface area contributed by atoms with Crippen LogP contribution in [0.15, 0.2) is 42.5 Å². The van der Waals surface area contributed by atoms with Crippen molar-refractivity contribution in [2.45, 2.75) is 19.2 Å². The van der Waals surface area contributed by atoms with Crippen LogP contribution < -0.4 is 0 Å². The third-order valence-electron chi connectivity index (χ3n) is 5.07. The van der Waals surface area contributed by atoms with Crippen LogP contribution in [-0.2, 0) is 15.3 Å². The fraction of sp³-hybridized carbons (Fsp3) is 0.368. The van der Waals surface area contributed by atoms with Gasteiger partial charge in [0.2, 0.25) is 0 Å². The topological polar surface area (TPSA) is 75.5 Å². The van der Waals surface area contributed by atoms with Gasteiger partial charge in [0.15, 0.2) is 0 Å². The summed E-state index contributed by atoms with van der Waals surface area (Å²) in [6.45, 7) is 4.47. The summed E-state index contributed by atoms with van der Waals surface area (Å²) in [5.41, 5.74) is -0.0522. The van der Waals surface area contributed by atoms with Crippen LogP contribution in [0, 0.1) is 10.1 Å². The number of hydrogen-bond acceptors (Lipinski definition) is 4. The van der Waals surface area contributed by atoms with E-state index in [1.807, 2.05) is 0 Å². The molecular weight excluding hydrogens is 422 g/mol. The average Bonchev–Trinajstić information content (AvgIpc) is 3.57. The van der Waals surface area contributed by atoms with Gasteiger partial charge in [0.05, 0.1) is 22.2 Å². The van der Waals surface area contributed by atoms with Gasteiger partial charge in [-0.2, -0.15) is 13.2 Å². The van der Waals surface area contributed by atoms with E-state index >= 15 is 0 Å². The first-order valence-corrected chi connectivity index (χ1v) is 10.9. The molecule has 0 saturated carbocycles. The first kappa shape index (κ1) is 21.0. The first-order chi connectivity index (χ1) is 14.1. The molecule has 30 heavy (non-hydrogen) atoms. The van der Waals surface area contributed by atoms with Gasteiger partial charge in [-0.25, -0.2) is 9.34 Å². The van der Waals surface area contributed by atoms with Crippen molar-refractivity contribution in [3.63, 3.8) is 0 Å². The second-order valence-corrected chi connectivity index (χ2v) is 9.58. The molecule has 160 valence electrons. The van der Waals surface area contributed by atoms with Crippen molar-refractivity contribution in [1.29, 1.82) is 0 Å². The van der Waals surface area contributed by atoms with Crippen LogP contribution in [0.4, 0.5) is 18.9 Å². The van der Waals surface area contributed by atoms with Crippen LogP contribution in [0.5, 0.6) is 0 Å². The quantitative estimate of drug-likeness (QED) is 0.258. The van der Waals surface area contributed by atoms with Crippen molar-refractivity contribution < 1.29 is 27.2 Å². The maximum atomic E-state index is 13.2. The maximum absolute atomic E-state index is 13.2. The molecule has 0 aromatic heterocycles. The van der Waals surface area contributed by atoms with E-state index in [1.54, 1.807) is 16.3 Å². The molecule has 0 radical (unpaired) electrons. The van der Waals surface area contributed by atoms with Crippen LogP contribution in [0.25, 0.3) is 11.1 Å². The molecule has 2 aromatic rings. The van der Waals surface area contributed by atoms with E-state index in [0.717, 1.165) is 12.1 Å². The molecule has 0 aliphatic carbocycles. The van der Waals surface area contributed by atoms with Gasteiger partial charge in [-0.3, -0.25) is 19.2 Å². The van der Waals surface area contributed by atoms with E-state index < -0.39 is 30.4 Å². The smallest absolute Gasteiger partial charge is 0.298 e. The SMILES string of the molecule is CC(OP(=O)(N1CC1)N1CC1)c1ccc([N+](=O)[O-])c(-c2ccc(C(F)(F)F)cc2)c1. The minimum atomic E-state index is -4.49. The van der Waals surface area contributed by atoms with E-state index in [0.29, 0.717) is 31.7 Å². The summed E-state index contributed by atoms with van der Waals surface area (Å²) in [5.74, 6) is 0. The van der Waals surface area contributed by atoms with Gasteiger partial charge in [0, 0.05) is 32.2 Å². The monoisotopic (exact) mass is 441 g/mol. The van der Waals surface area contributed by atoms with E-state index in [4.69, 9.17) is 4.52 Å². The summed E-state index contributed by atoms with van der Waals surface area (Å²) in [6.07, 6.45) is -5.11. The van der Waals surface area contributed by atoms with E-state index in [1.165, 1.54) is 30.3 Å². The lowest BCUT2D eigenvalue weighted by molar-refractivity contribution is -0.384. The molecule has 4 rings (SSSR count). The third kappa shape index (κ3) is 4.13. The fourth-order valence-corrected chi connectivity index (χ4v) is 5.56. The molecule has 2 fully saturated rings. The summed E-state index contributed by atoms with van der Waals surface area (Å²) in [4.78, 5) is 10.9. The molecule has 2 heterocycles. The van der Waals surface area contributed by atoms with Crippen LogP contribution in [0.2, 0.25) is 0 Å². The molecule has 2 saturated heterocycles. The molecule has 0 N–H and O–H groups in total. The fourth-order valence-electron chi connectivity index (χ4n) is 3.21. The Hall–Kier alpha value is -2.26. The standard InChI is InChI=1S/C19H19F3N3O4P/c1-13(29-30(28,23-8-9-23)24-10-11-24)15-4-7-18(25(26)27)17(12-15)14-2-5-16(6-3-14)19(20,21)22/h2-7,12-13H,8-11H2,1H3. The molecule has 7 nitrogen and oxygen atoms in total. The number of hydrogen-bond donors (Lipinski definition) is 0. The molecular formula is C19H19F3N3O4P. The number of benzene rings is 2. The summed E-state index contributed by atoms with van der Waals surface area (Å²) >= 11 is 0. The van der Waals surface area contributed by atoms with Crippen molar-refractivity contribution in [3.05, 3.63) is 63.7 Å². The average molecular weight is 441 g/mol. The number of halogens is 3. The summed E-state index contributed by atoms with van der Waals surface area (Å²) < 4.78 is 61.2. The Bertz CT molecular complexity index is 1000. The lowest BCUT2D eigenvalue weighted by atomic mass is 9.98. The summed E-state index contributed by atoms with van der Waals surface area (Å²) in [7, 11) is -3.10. The van der Waals surface area contributed by atoms with Crippen LogP contribution >= 0.6 is 7.67 Å². The Balaban J connectivity index is 1.66. The zero-order valence-corrected chi connectivity index (χ0v) is 16.9. The van der Waals surface area contributed by atoms with Gasteiger partial charge < -0.3 is 0 Å². The first-order valence-electron chi connectivity index (χ1n) is 9.35. The largest absolute Gasteiger partial charge is 0.416 e. The summed E-state index contributed by atoms with van der Waals surface area (Å²) in [5, 5.41) is 11.5. The minimum Gasteiger partial charge on any atom is -0.298 e. The van der Waals surface area contributed by atoms with Gasteiger partial charge in [-0.1, -0.05) is 12.1 Å². The summed E-state index contributed by atoms with van der Waals surface area (Å²) in [6, 6.07) is 8.52. The highest BCUT2D eigenvalue weighted by atomic mass is 31.2. The van der Waals surface area contributed by atoms with E-state index in [-0.39, 0.29) is 16.8 Å². The molecule has 1 unspecified atom stereocenters. The van der Waals surface area contributed by atoms with Crippen molar-refractivity contribution in [3.8, 4) is 11.1 Å². The molecule has 0 amide bonds. The number of nitro groups is 1. The molecule has 2 aliphatic heterocycles. The Labute approximate surface area is 170 Å². The second-order valence-electron chi connectivity index (χ2n) is 7.25. The minimum absolute atomic E-state index is 0.176. The normalized spacial score (nSPS) is 18.3. The Morgan fingerprint density at radius 2 is 1.63 bits per heavy atom. The van der Waals surface area contributed by atoms with E-state index in [2.05, 4.69) is 0 Å².